The Hall–Kier alpha value is -0.930. The number of hydrogen-bond acceptors (Lipinski definition) is 3. The lowest BCUT2D eigenvalue weighted by molar-refractivity contribution is -0.0113. The van der Waals surface area contributed by atoms with E-state index < -0.39 is 0 Å². The van der Waals surface area contributed by atoms with Crippen molar-refractivity contribution < 1.29 is 4.74 Å². The maximum absolute atomic E-state index is 6.05. The highest BCUT2D eigenvalue weighted by Crippen LogP contribution is 2.40. The molecule has 0 spiro atoms. The van der Waals surface area contributed by atoms with Gasteiger partial charge in [-0.05, 0) is 49.1 Å². The quantitative estimate of drug-likeness (QED) is 0.846. The highest BCUT2D eigenvalue weighted by molar-refractivity contribution is 5.06. The Kier molecular flexibility index (Phi) is 4.60. The molecule has 1 saturated carbocycles. The van der Waals surface area contributed by atoms with Gasteiger partial charge in [-0.15, -0.1) is 0 Å². The van der Waals surface area contributed by atoms with Gasteiger partial charge in [0.2, 0.25) is 0 Å². The third kappa shape index (κ3) is 4.04. The molecular weight excluding hydrogens is 260 g/mol. The van der Waals surface area contributed by atoms with Gasteiger partial charge in [0.1, 0.15) is 0 Å². The van der Waals surface area contributed by atoms with Crippen LogP contribution in [-0.2, 0) is 11.3 Å². The van der Waals surface area contributed by atoms with E-state index in [1.807, 2.05) is 18.5 Å². The smallest absolute Gasteiger partial charge is 0.0735 e. The summed E-state index contributed by atoms with van der Waals surface area (Å²) in [4.78, 5) is 6.85. The summed E-state index contributed by atoms with van der Waals surface area (Å²) in [6, 6.07) is 4.88. The molecule has 2 heterocycles. The Morgan fingerprint density at radius 2 is 2.10 bits per heavy atom. The van der Waals surface area contributed by atoms with Crippen LogP contribution in [0.15, 0.2) is 24.5 Å². The minimum atomic E-state index is 0.427. The number of pyridine rings is 1. The van der Waals surface area contributed by atoms with Gasteiger partial charge in [0.15, 0.2) is 0 Å². The van der Waals surface area contributed by atoms with Gasteiger partial charge in [0.05, 0.1) is 12.7 Å². The normalized spacial score (nSPS) is 27.0. The summed E-state index contributed by atoms with van der Waals surface area (Å²) in [5.41, 5.74) is 1.73. The van der Waals surface area contributed by atoms with Crippen LogP contribution in [0, 0.1) is 5.41 Å². The van der Waals surface area contributed by atoms with Crippen molar-refractivity contribution in [2.24, 2.45) is 5.41 Å². The highest BCUT2D eigenvalue weighted by Gasteiger charge is 2.35. The second-order valence-corrected chi connectivity index (χ2v) is 7.47. The molecule has 2 fully saturated rings. The fraction of sp³-hybridized carbons (Fsp3) is 0.722. The summed E-state index contributed by atoms with van der Waals surface area (Å²) in [5, 5.41) is 0. The first-order chi connectivity index (χ1) is 10.1. The third-order valence-corrected chi connectivity index (χ3v) is 5.14. The molecule has 1 aliphatic heterocycles. The molecule has 0 N–H and O–H groups in total. The summed E-state index contributed by atoms with van der Waals surface area (Å²) in [5.74, 6) is 0. The molecule has 3 rings (SSSR count). The van der Waals surface area contributed by atoms with Crippen LogP contribution in [0.4, 0.5) is 0 Å². The van der Waals surface area contributed by atoms with Gasteiger partial charge in [-0.2, -0.15) is 0 Å². The van der Waals surface area contributed by atoms with Crippen molar-refractivity contribution in [3.63, 3.8) is 0 Å². The fourth-order valence-corrected chi connectivity index (χ4v) is 3.82. The Morgan fingerprint density at radius 1 is 1.29 bits per heavy atom. The molecule has 3 nitrogen and oxygen atoms in total. The van der Waals surface area contributed by atoms with Crippen molar-refractivity contribution in [2.75, 3.05) is 13.1 Å². The molecule has 116 valence electrons. The number of likely N-dealkylation sites (tertiary alicyclic amines) is 1. The first kappa shape index (κ1) is 15.0. The van der Waals surface area contributed by atoms with Crippen molar-refractivity contribution >= 4 is 0 Å². The molecule has 0 bridgehead atoms. The fourth-order valence-electron chi connectivity index (χ4n) is 3.82. The summed E-state index contributed by atoms with van der Waals surface area (Å²) in [6.45, 7) is 7.94. The molecule has 21 heavy (non-hydrogen) atoms. The van der Waals surface area contributed by atoms with E-state index >= 15 is 0 Å². The van der Waals surface area contributed by atoms with E-state index in [9.17, 15) is 0 Å². The topological polar surface area (TPSA) is 25.4 Å². The standard InChI is InChI=1S/C18H28N2O/c1-18(2)8-5-16(12-18)20-10-6-17(7-11-20)21-14-15-4-3-9-19-13-15/h3-4,9,13,16-17H,5-8,10-12,14H2,1-2H3. The van der Waals surface area contributed by atoms with Crippen LogP contribution >= 0.6 is 0 Å². The van der Waals surface area contributed by atoms with Crippen LogP contribution in [0.25, 0.3) is 0 Å². The van der Waals surface area contributed by atoms with Crippen LogP contribution in [0.1, 0.15) is 51.5 Å². The second-order valence-electron chi connectivity index (χ2n) is 7.47. The molecule has 1 saturated heterocycles. The van der Waals surface area contributed by atoms with E-state index in [1.54, 1.807) is 0 Å². The Balaban J connectivity index is 1.41. The maximum atomic E-state index is 6.05. The molecule has 1 atom stereocenters. The van der Waals surface area contributed by atoms with Crippen molar-refractivity contribution in [3.8, 4) is 0 Å². The number of hydrogen-bond donors (Lipinski definition) is 0. The minimum Gasteiger partial charge on any atom is -0.373 e. The van der Waals surface area contributed by atoms with E-state index in [0.29, 0.717) is 18.1 Å². The van der Waals surface area contributed by atoms with Crippen molar-refractivity contribution in [2.45, 2.75) is 64.7 Å². The summed E-state index contributed by atoms with van der Waals surface area (Å²) < 4.78 is 6.05. The molecular formula is C18H28N2O. The molecule has 3 heteroatoms. The zero-order valence-corrected chi connectivity index (χ0v) is 13.4. The molecule has 1 unspecified atom stereocenters. The van der Waals surface area contributed by atoms with E-state index in [-0.39, 0.29) is 0 Å². The molecule has 0 radical (unpaired) electrons. The number of ether oxygens (including phenoxy) is 1. The van der Waals surface area contributed by atoms with Crippen LogP contribution in [0.5, 0.6) is 0 Å². The summed E-state index contributed by atoms with van der Waals surface area (Å²) >= 11 is 0. The van der Waals surface area contributed by atoms with Crippen LogP contribution in [0.3, 0.4) is 0 Å². The lowest BCUT2D eigenvalue weighted by Gasteiger charge is -2.36. The third-order valence-electron chi connectivity index (χ3n) is 5.14. The molecule has 1 aliphatic carbocycles. The Morgan fingerprint density at radius 3 is 2.71 bits per heavy atom. The van der Waals surface area contributed by atoms with Gasteiger partial charge >= 0.3 is 0 Å². The van der Waals surface area contributed by atoms with Crippen molar-refractivity contribution in [1.29, 1.82) is 0 Å². The molecule has 0 amide bonds. The van der Waals surface area contributed by atoms with E-state index in [1.165, 1.54) is 50.8 Å². The van der Waals surface area contributed by atoms with Crippen LogP contribution in [0.2, 0.25) is 0 Å². The largest absolute Gasteiger partial charge is 0.373 e. The summed E-state index contributed by atoms with van der Waals surface area (Å²) in [7, 11) is 0. The molecule has 0 aromatic carbocycles. The minimum absolute atomic E-state index is 0.427. The van der Waals surface area contributed by atoms with Crippen LogP contribution in [-0.4, -0.2) is 35.1 Å². The SMILES string of the molecule is CC1(C)CCC(N2CCC(OCc3cccnc3)CC2)C1. The highest BCUT2D eigenvalue weighted by atomic mass is 16.5. The van der Waals surface area contributed by atoms with Gasteiger partial charge in [-0.1, -0.05) is 19.9 Å². The number of nitrogens with zero attached hydrogens (tertiary/aromatic N) is 2. The van der Waals surface area contributed by atoms with Gasteiger partial charge < -0.3 is 9.64 Å². The van der Waals surface area contributed by atoms with Gasteiger partial charge in [0, 0.05) is 31.5 Å². The van der Waals surface area contributed by atoms with E-state index in [0.717, 1.165) is 6.04 Å². The van der Waals surface area contributed by atoms with Crippen molar-refractivity contribution in [3.05, 3.63) is 30.1 Å². The number of aromatic nitrogens is 1. The first-order valence-corrected chi connectivity index (χ1v) is 8.37. The first-order valence-electron chi connectivity index (χ1n) is 8.37. The zero-order valence-electron chi connectivity index (χ0n) is 13.4. The second kappa shape index (κ2) is 6.45. The number of rotatable bonds is 4. The summed E-state index contributed by atoms with van der Waals surface area (Å²) in [6.07, 6.45) is 10.6. The average Bonchev–Trinajstić information content (AvgIpc) is 2.87. The predicted molar refractivity (Wildman–Crippen MR) is 85.0 cm³/mol. The zero-order chi connectivity index (χ0) is 14.7. The maximum Gasteiger partial charge on any atom is 0.0735 e. The van der Waals surface area contributed by atoms with E-state index in [4.69, 9.17) is 4.74 Å². The van der Waals surface area contributed by atoms with E-state index in [2.05, 4.69) is 29.8 Å². The van der Waals surface area contributed by atoms with Gasteiger partial charge in [-0.3, -0.25) is 4.98 Å². The predicted octanol–water partition coefficient (Wildman–Crippen LogP) is 3.64. The van der Waals surface area contributed by atoms with Gasteiger partial charge in [0.25, 0.3) is 0 Å². The average molecular weight is 288 g/mol. The van der Waals surface area contributed by atoms with Crippen molar-refractivity contribution in [1.82, 2.24) is 9.88 Å². The lowest BCUT2D eigenvalue weighted by atomic mass is 9.91. The van der Waals surface area contributed by atoms with Crippen LogP contribution < -0.4 is 0 Å². The van der Waals surface area contributed by atoms with Gasteiger partial charge in [-0.25, -0.2) is 0 Å². The lowest BCUT2D eigenvalue weighted by Crippen LogP contribution is -2.42. The molecule has 2 aliphatic rings. The molecule has 1 aromatic heterocycles. The Bertz CT molecular complexity index is 438. The monoisotopic (exact) mass is 288 g/mol. The number of piperidine rings is 1. The molecule has 1 aromatic rings. The Labute approximate surface area is 128 Å².